The summed E-state index contributed by atoms with van der Waals surface area (Å²) in [5.41, 5.74) is 7.09. The van der Waals surface area contributed by atoms with Crippen LogP contribution in [0.2, 0.25) is 0 Å². The number of rotatable bonds is 9. The van der Waals surface area contributed by atoms with E-state index in [4.69, 9.17) is 15.2 Å². The van der Waals surface area contributed by atoms with Gasteiger partial charge < -0.3 is 19.8 Å². The Labute approximate surface area is 115 Å². The van der Waals surface area contributed by atoms with Crippen LogP contribution in [-0.2, 0) is 16.5 Å². The lowest BCUT2D eigenvalue weighted by atomic mass is 10.1. The molecule has 0 aliphatic rings. The largest absolute Gasteiger partial charge is 0.383 e. The van der Waals surface area contributed by atoms with Crippen LogP contribution in [0.5, 0.6) is 0 Å². The third kappa shape index (κ3) is 4.28. The van der Waals surface area contributed by atoms with Gasteiger partial charge in [-0.1, -0.05) is 0 Å². The minimum atomic E-state index is 0.118. The molecule has 0 saturated heterocycles. The van der Waals surface area contributed by atoms with Gasteiger partial charge in [-0.15, -0.1) is 0 Å². The quantitative estimate of drug-likeness (QED) is 0.704. The minimum Gasteiger partial charge on any atom is -0.383 e. The standard InChI is InChI=1S/C13H26N4O2/c1-11(9-19-4)17(5-6-18-3)12(7-14)13-8-15-10-16(13)2/h8,10-12H,5-7,9,14H2,1-4H3. The maximum atomic E-state index is 5.98. The molecule has 1 heterocycles. The monoisotopic (exact) mass is 270 g/mol. The van der Waals surface area contributed by atoms with E-state index >= 15 is 0 Å². The Morgan fingerprint density at radius 2 is 2.16 bits per heavy atom. The minimum absolute atomic E-state index is 0.118. The van der Waals surface area contributed by atoms with Crippen molar-refractivity contribution in [2.75, 3.05) is 40.5 Å². The lowest BCUT2D eigenvalue weighted by molar-refractivity contribution is 0.0467. The second-order valence-corrected chi connectivity index (χ2v) is 4.72. The summed E-state index contributed by atoms with van der Waals surface area (Å²) >= 11 is 0. The Morgan fingerprint density at radius 1 is 1.42 bits per heavy atom. The highest BCUT2D eigenvalue weighted by atomic mass is 16.5. The fraction of sp³-hybridized carbons (Fsp3) is 0.769. The predicted molar refractivity (Wildman–Crippen MR) is 74.9 cm³/mol. The van der Waals surface area contributed by atoms with Gasteiger partial charge >= 0.3 is 0 Å². The molecule has 0 aromatic carbocycles. The van der Waals surface area contributed by atoms with E-state index in [0.29, 0.717) is 19.8 Å². The van der Waals surface area contributed by atoms with Gasteiger partial charge in [0.2, 0.25) is 0 Å². The van der Waals surface area contributed by atoms with Gasteiger partial charge in [-0.3, -0.25) is 4.90 Å². The predicted octanol–water partition coefficient (Wildman–Crippen LogP) is 0.403. The van der Waals surface area contributed by atoms with Gasteiger partial charge in [0.05, 0.1) is 31.3 Å². The molecule has 0 fully saturated rings. The van der Waals surface area contributed by atoms with Gasteiger partial charge in [0, 0.05) is 46.6 Å². The maximum Gasteiger partial charge on any atom is 0.0946 e. The van der Waals surface area contributed by atoms with Crippen LogP contribution in [0.4, 0.5) is 0 Å². The van der Waals surface area contributed by atoms with Gasteiger partial charge in [0.15, 0.2) is 0 Å². The van der Waals surface area contributed by atoms with Crippen LogP contribution in [0.25, 0.3) is 0 Å². The zero-order chi connectivity index (χ0) is 14.3. The van der Waals surface area contributed by atoms with E-state index in [9.17, 15) is 0 Å². The summed E-state index contributed by atoms with van der Waals surface area (Å²) in [5, 5.41) is 0. The summed E-state index contributed by atoms with van der Waals surface area (Å²) in [6, 6.07) is 0.386. The lowest BCUT2D eigenvalue weighted by Crippen LogP contribution is -2.44. The molecule has 0 saturated carbocycles. The fourth-order valence-corrected chi connectivity index (χ4v) is 2.33. The lowest BCUT2D eigenvalue weighted by Gasteiger charge is -2.35. The summed E-state index contributed by atoms with van der Waals surface area (Å²) in [6.07, 6.45) is 3.67. The maximum absolute atomic E-state index is 5.98. The molecule has 2 N–H and O–H groups in total. The summed E-state index contributed by atoms with van der Waals surface area (Å²) in [6.45, 7) is 4.82. The van der Waals surface area contributed by atoms with Crippen LogP contribution < -0.4 is 5.73 Å². The normalized spacial score (nSPS) is 14.8. The molecule has 0 bridgehead atoms. The first-order valence-corrected chi connectivity index (χ1v) is 6.55. The Balaban J connectivity index is 2.89. The van der Waals surface area contributed by atoms with Crippen molar-refractivity contribution in [2.24, 2.45) is 12.8 Å². The van der Waals surface area contributed by atoms with Crippen molar-refractivity contribution in [3.63, 3.8) is 0 Å². The average Bonchev–Trinajstić information content (AvgIpc) is 2.81. The molecule has 0 aliphatic carbocycles. The highest BCUT2D eigenvalue weighted by Gasteiger charge is 2.25. The SMILES string of the molecule is COCCN(C(C)COC)C(CN)c1cncn1C. The van der Waals surface area contributed by atoms with Crippen LogP contribution in [0, 0.1) is 0 Å². The van der Waals surface area contributed by atoms with E-state index in [2.05, 4.69) is 16.8 Å². The smallest absolute Gasteiger partial charge is 0.0946 e. The zero-order valence-electron chi connectivity index (χ0n) is 12.4. The second-order valence-electron chi connectivity index (χ2n) is 4.72. The van der Waals surface area contributed by atoms with Crippen LogP contribution in [0.1, 0.15) is 18.7 Å². The molecule has 0 radical (unpaired) electrons. The summed E-state index contributed by atoms with van der Waals surface area (Å²) < 4.78 is 12.5. The van der Waals surface area contributed by atoms with Crippen molar-refractivity contribution in [1.29, 1.82) is 0 Å². The molecule has 6 nitrogen and oxygen atoms in total. The molecular formula is C13H26N4O2. The molecule has 19 heavy (non-hydrogen) atoms. The first-order valence-electron chi connectivity index (χ1n) is 6.55. The molecule has 0 spiro atoms. The van der Waals surface area contributed by atoms with E-state index in [0.717, 1.165) is 12.2 Å². The number of aromatic nitrogens is 2. The summed E-state index contributed by atoms with van der Waals surface area (Å²) in [5.74, 6) is 0. The Hall–Kier alpha value is -0.950. The summed E-state index contributed by atoms with van der Waals surface area (Å²) in [7, 11) is 5.41. The van der Waals surface area contributed by atoms with Crippen molar-refractivity contribution >= 4 is 0 Å². The molecular weight excluding hydrogens is 244 g/mol. The van der Waals surface area contributed by atoms with Crippen molar-refractivity contribution in [1.82, 2.24) is 14.5 Å². The number of ether oxygens (including phenoxy) is 2. The van der Waals surface area contributed by atoms with Gasteiger partial charge in [0.1, 0.15) is 0 Å². The van der Waals surface area contributed by atoms with Crippen LogP contribution in [0.15, 0.2) is 12.5 Å². The molecule has 1 rings (SSSR count). The highest BCUT2D eigenvalue weighted by molar-refractivity contribution is 5.06. The van der Waals surface area contributed by atoms with E-state index in [1.54, 1.807) is 20.5 Å². The second kappa shape index (κ2) is 8.27. The van der Waals surface area contributed by atoms with Crippen molar-refractivity contribution < 1.29 is 9.47 Å². The number of aryl methyl sites for hydroxylation is 1. The Kier molecular flexibility index (Phi) is 7.01. The first kappa shape index (κ1) is 16.1. The first-order chi connectivity index (χ1) is 9.15. The van der Waals surface area contributed by atoms with Crippen molar-refractivity contribution in [3.05, 3.63) is 18.2 Å². The Bertz CT molecular complexity index is 356. The Morgan fingerprint density at radius 3 is 2.63 bits per heavy atom. The van der Waals surface area contributed by atoms with E-state index in [1.165, 1.54) is 0 Å². The zero-order valence-corrected chi connectivity index (χ0v) is 12.4. The number of nitrogens with two attached hydrogens (primary N) is 1. The number of nitrogens with zero attached hydrogens (tertiary/aromatic N) is 3. The fourth-order valence-electron chi connectivity index (χ4n) is 2.33. The molecule has 110 valence electrons. The average molecular weight is 270 g/mol. The molecule has 1 aromatic heterocycles. The van der Waals surface area contributed by atoms with Gasteiger partial charge in [-0.2, -0.15) is 0 Å². The summed E-state index contributed by atoms with van der Waals surface area (Å²) in [4.78, 5) is 6.49. The van der Waals surface area contributed by atoms with Crippen LogP contribution >= 0.6 is 0 Å². The van der Waals surface area contributed by atoms with Crippen LogP contribution in [-0.4, -0.2) is 61.0 Å². The molecule has 1 aromatic rings. The topological polar surface area (TPSA) is 65.5 Å². The molecule has 0 amide bonds. The number of imidazole rings is 1. The molecule has 0 aliphatic heterocycles. The molecule has 2 atom stereocenters. The van der Waals surface area contributed by atoms with Gasteiger partial charge in [-0.05, 0) is 6.92 Å². The third-order valence-corrected chi connectivity index (χ3v) is 3.35. The van der Waals surface area contributed by atoms with Crippen molar-refractivity contribution in [3.8, 4) is 0 Å². The van der Waals surface area contributed by atoms with Crippen molar-refractivity contribution in [2.45, 2.75) is 19.0 Å². The number of hydrogen-bond acceptors (Lipinski definition) is 5. The van der Waals surface area contributed by atoms with E-state index in [1.807, 2.05) is 17.8 Å². The number of methoxy groups -OCH3 is 2. The van der Waals surface area contributed by atoms with E-state index in [-0.39, 0.29) is 12.1 Å². The highest BCUT2D eigenvalue weighted by Crippen LogP contribution is 2.21. The van der Waals surface area contributed by atoms with Crippen LogP contribution in [0.3, 0.4) is 0 Å². The third-order valence-electron chi connectivity index (χ3n) is 3.35. The molecule has 6 heteroatoms. The molecule has 2 unspecified atom stereocenters. The van der Waals surface area contributed by atoms with E-state index < -0.39 is 0 Å². The number of hydrogen-bond donors (Lipinski definition) is 1. The van der Waals surface area contributed by atoms with Gasteiger partial charge in [0.25, 0.3) is 0 Å². The van der Waals surface area contributed by atoms with Gasteiger partial charge in [-0.25, -0.2) is 4.98 Å².